The Kier molecular flexibility index (Phi) is 2.47. The highest BCUT2D eigenvalue weighted by Gasteiger charge is 2.48. The van der Waals surface area contributed by atoms with Crippen molar-refractivity contribution in [2.75, 3.05) is 0 Å². The molecule has 2 atom stereocenters. The minimum Gasteiger partial charge on any atom is -0.376 e. The topological polar surface area (TPSA) is 43.4 Å². The van der Waals surface area contributed by atoms with Gasteiger partial charge < -0.3 is 4.18 Å². The molecule has 2 aliphatic carbocycles. The molecule has 3 nitrogen and oxygen atoms in total. The molecule has 0 saturated heterocycles. The summed E-state index contributed by atoms with van der Waals surface area (Å²) in [7, 11) is -5.60. The van der Waals surface area contributed by atoms with E-state index in [1.54, 1.807) is 6.07 Å². The summed E-state index contributed by atoms with van der Waals surface area (Å²) in [4.78, 5) is 0. The van der Waals surface area contributed by atoms with Gasteiger partial charge in [0.2, 0.25) is 0 Å². The lowest BCUT2D eigenvalue weighted by molar-refractivity contribution is -0.0500. The van der Waals surface area contributed by atoms with Gasteiger partial charge in [-0.1, -0.05) is 18.2 Å². The molecule has 102 valence electrons. The summed E-state index contributed by atoms with van der Waals surface area (Å²) in [6.45, 7) is 0. The van der Waals surface area contributed by atoms with Gasteiger partial charge in [0.1, 0.15) is 5.75 Å². The SMILES string of the molecule is O=S(=O)(Oc1ccc2c(c1)C1C=CC2C1)C(F)(F)F. The highest BCUT2D eigenvalue weighted by Crippen LogP contribution is 2.49. The molecule has 19 heavy (non-hydrogen) atoms. The third-order valence-electron chi connectivity index (χ3n) is 3.43. The Bertz CT molecular complexity index is 661. The van der Waals surface area contributed by atoms with E-state index in [2.05, 4.69) is 10.3 Å². The molecule has 0 fully saturated rings. The average Bonchev–Trinajstić information content (AvgIpc) is 2.87. The quantitative estimate of drug-likeness (QED) is 0.477. The van der Waals surface area contributed by atoms with Crippen LogP contribution in [0.1, 0.15) is 29.4 Å². The third-order valence-corrected chi connectivity index (χ3v) is 4.41. The second-order valence-corrected chi connectivity index (χ2v) is 6.15. The summed E-state index contributed by atoms with van der Waals surface area (Å²) in [5, 5.41) is 0. The molecule has 1 aromatic rings. The van der Waals surface area contributed by atoms with Crippen LogP contribution in [0.5, 0.6) is 5.75 Å². The van der Waals surface area contributed by atoms with Crippen molar-refractivity contribution < 1.29 is 25.8 Å². The second kappa shape index (κ2) is 3.75. The maximum atomic E-state index is 12.2. The number of hydrogen-bond donors (Lipinski definition) is 0. The van der Waals surface area contributed by atoms with Crippen LogP contribution in [0.2, 0.25) is 0 Å². The number of fused-ring (bicyclic) bond motifs is 5. The molecule has 0 amide bonds. The molecule has 0 spiro atoms. The molecule has 0 aromatic heterocycles. The van der Waals surface area contributed by atoms with Crippen molar-refractivity contribution in [3.63, 3.8) is 0 Å². The molecule has 3 rings (SSSR count). The summed E-state index contributed by atoms with van der Waals surface area (Å²) >= 11 is 0. The maximum absolute atomic E-state index is 12.2. The van der Waals surface area contributed by atoms with Gasteiger partial charge in [-0.15, -0.1) is 0 Å². The third kappa shape index (κ3) is 1.92. The molecule has 0 radical (unpaired) electrons. The Morgan fingerprint density at radius 2 is 1.74 bits per heavy atom. The van der Waals surface area contributed by atoms with Crippen molar-refractivity contribution >= 4 is 10.1 Å². The van der Waals surface area contributed by atoms with Gasteiger partial charge in [0.15, 0.2) is 0 Å². The van der Waals surface area contributed by atoms with Gasteiger partial charge >= 0.3 is 15.6 Å². The van der Waals surface area contributed by atoms with Crippen LogP contribution < -0.4 is 4.18 Å². The van der Waals surface area contributed by atoms with E-state index >= 15 is 0 Å². The zero-order valence-electron chi connectivity index (χ0n) is 9.52. The smallest absolute Gasteiger partial charge is 0.376 e. The van der Waals surface area contributed by atoms with Gasteiger partial charge in [-0.25, -0.2) is 0 Å². The van der Waals surface area contributed by atoms with Crippen molar-refractivity contribution in [2.45, 2.75) is 23.8 Å². The molecule has 0 heterocycles. The van der Waals surface area contributed by atoms with E-state index in [0.29, 0.717) is 0 Å². The first-order valence-electron chi connectivity index (χ1n) is 5.61. The van der Waals surface area contributed by atoms with Crippen LogP contribution >= 0.6 is 0 Å². The van der Waals surface area contributed by atoms with E-state index in [1.807, 2.05) is 6.08 Å². The van der Waals surface area contributed by atoms with Crippen molar-refractivity contribution in [3.8, 4) is 5.75 Å². The summed E-state index contributed by atoms with van der Waals surface area (Å²) < 4.78 is 62.6. The van der Waals surface area contributed by atoms with Gasteiger partial charge in [0, 0.05) is 11.8 Å². The second-order valence-electron chi connectivity index (χ2n) is 4.61. The molecule has 2 aliphatic rings. The molecular weight excluding hydrogens is 281 g/mol. The lowest BCUT2D eigenvalue weighted by atomic mass is 9.97. The number of allylic oxidation sites excluding steroid dienone is 2. The van der Waals surface area contributed by atoms with Crippen LogP contribution in [0.3, 0.4) is 0 Å². The standard InChI is InChI=1S/C12H9F3O3S/c13-12(14,15)19(16,17)18-9-3-4-10-7-1-2-8(5-7)11(10)6-9/h1-4,6-8H,5H2. The van der Waals surface area contributed by atoms with E-state index < -0.39 is 15.6 Å². The number of benzene rings is 1. The Balaban J connectivity index is 1.92. The molecule has 7 heteroatoms. The van der Waals surface area contributed by atoms with E-state index in [9.17, 15) is 21.6 Å². The van der Waals surface area contributed by atoms with Gasteiger partial charge in [0.05, 0.1) is 0 Å². The largest absolute Gasteiger partial charge is 0.534 e. The van der Waals surface area contributed by atoms with Crippen LogP contribution in [-0.2, 0) is 10.1 Å². The Morgan fingerprint density at radius 1 is 1.11 bits per heavy atom. The van der Waals surface area contributed by atoms with Crippen LogP contribution in [0, 0.1) is 0 Å². The van der Waals surface area contributed by atoms with Crippen LogP contribution in [-0.4, -0.2) is 13.9 Å². The molecule has 0 N–H and O–H groups in total. The van der Waals surface area contributed by atoms with E-state index in [0.717, 1.165) is 17.5 Å². The average molecular weight is 290 g/mol. The fraction of sp³-hybridized carbons (Fsp3) is 0.333. The Labute approximate surface area is 107 Å². The molecular formula is C12H9F3O3S. The first kappa shape index (κ1) is 12.5. The van der Waals surface area contributed by atoms with E-state index in [1.165, 1.54) is 12.1 Å². The van der Waals surface area contributed by atoms with Crippen molar-refractivity contribution in [1.82, 2.24) is 0 Å². The first-order valence-corrected chi connectivity index (χ1v) is 7.02. The summed E-state index contributed by atoms with van der Waals surface area (Å²) in [6, 6.07) is 4.27. The predicted molar refractivity (Wildman–Crippen MR) is 61.3 cm³/mol. The van der Waals surface area contributed by atoms with Crippen molar-refractivity contribution in [2.24, 2.45) is 0 Å². The first-order chi connectivity index (χ1) is 8.78. The Morgan fingerprint density at radius 3 is 2.37 bits per heavy atom. The lowest BCUT2D eigenvalue weighted by Gasteiger charge is -2.13. The maximum Gasteiger partial charge on any atom is 0.534 e. The highest BCUT2D eigenvalue weighted by molar-refractivity contribution is 7.87. The fourth-order valence-corrected chi connectivity index (χ4v) is 3.05. The molecule has 2 bridgehead atoms. The van der Waals surface area contributed by atoms with E-state index in [4.69, 9.17) is 0 Å². The van der Waals surface area contributed by atoms with Gasteiger partial charge in [-0.3, -0.25) is 0 Å². The predicted octanol–water partition coefficient (Wildman–Crippen LogP) is 3.06. The Hall–Kier alpha value is -1.50. The molecule has 2 unspecified atom stereocenters. The minimum absolute atomic E-state index is 0.150. The number of rotatable bonds is 2. The van der Waals surface area contributed by atoms with Crippen molar-refractivity contribution in [3.05, 3.63) is 41.5 Å². The molecule has 0 saturated carbocycles. The van der Waals surface area contributed by atoms with Crippen LogP contribution in [0.4, 0.5) is 13.2 Å². The van der Waals surface area contributed by atoms with Crippen molar-refractivity contribution in [1.29, 1.82) is 0 Å². The summed E-state index contributed by atoms with van der Waals surface area (Å²) in [5.41, 5.74) is -3.53. The fourth-order valence-electron chi connectivity index (χ4n) is 2.60. The van der Waals surface area contributed by atoms with Crippen LogP contribution in [0.15, 0.2) is 30.4 Å². The molecule has 0 aliphatic heterocycles. The summed E-state index contributed by atoms with van der Waals surface area (Å²) in [5.74, 6) is 0.141. The van der Waals surface area contributed by atoms with Gasteiger partial charge in [-0.05, 0) is 29.7 Å². The number of alkyl halides is 3. The number of hydrogen-bond acceptors (Lipinski definition) is 3. The normalized spacial score (nSPS) is 24.6. The zero-order valence-corrected chi connectivity index (χ0v) is 10.3. The number of halogens is 3. The summed E-state index contributed by atoms with van der Waals surface area (Å²) in [6.07, 6.45) is 4.93. The minimum atomic E-state index is -5.60. The van der Waals surface area contributed by atoms with Gasteiger partial charge in [-0.2, -0.15) is 21.6 Å². The zero-order chi connectivity index (χ0) is 13.8. The van der Waals surface area contributed by atoms with E-state index in [-0.39, 0.29) is 17.6 Å². The monoisotopic (exact) mass is 290 g/mol. The van der Waals surface area contributed by atoms with Crippen LogP contribution in [0.25, 0.3) is 0 Å². The lowest BCUT2D eigenvalue weighted by Crippen LogP contribution is -2.28. The van der Waals surface area contributed by atoms with Gasteiger partial charge in [0.25, 0.3) is 0 Å². The molecule has 1 aromatic carbocycles. The highest BCUT2D eigenvalue weighted by atomic mass is 32.2.